The van der Waals surface area contributed by atoms with Crippen molar-refractivity contribution in [2.45, 2.75) is 19.8 Å². The quantitative estimate of drug-likeness (QED) is 0.708. The van der Waals surface area contributed by atoms with Crippen molar-refractivity contribution in [1.82, 2.24) is 9.78 Å². The van der Waals surface area contributed by atoms with Crippen LogP contribution in [-0.2, 0) is 16.5 Å². The zero-order valence-electron chi connectivity index (χ0n) is 11.6. The van der Waals surface area contributed by atoms with Gasteiger partial charge in [-0.3, -0.25) is 0 Å². The topological polar surface area (TPSA) is 71.5 Å². The van der Waals surface area contributed by atoms with Crippen molar-refractivity contribution in [3.05, 3.63) is 5.69 Å². The van der Waals surface area contributed by atoms with E-state index in [1.54, 1.807) is 11.8 Å². The summed E-state index contributed by atoms with van der Waals surface area (Å²) in [5.41, 5.74) is 7.48. The molecule has 0 radical (unpaired) electrons. The maximum Gasteiger partial charge on any atom is 0.235 e. The second-order valence-electron chi connectivity index (χ2n) is 4.34. The molecule has 0 saturated carbocycles. The van der Waals surface area contributed by atoms with Crippen LogP contribution in [0.15, 0.2) is 0 Å². The fourth-order valence-electron chi connectivity index (χ4n) is 1.58. The number of nitrogen functional groups attached to an aromatic ring is 1. The van der Waals surface area contributed by atoms with Crippen molar-refractivity contribution in [3.63, 3.8) is 0 Å². The van der Waals surface area contributed by atoms with Gasteiger partial charge in [-0.2, -0.15) is 5.10 Å². The Morgan fingerprint density at radius 1 is 1.22 bits per heavy atom. The lowest BCUT2D eigenvalue weighted by atomic mass is 10.1. The van der Waals surface area contributed by atoms with E-state index in [-0.39, 0.29) is 5.92 Å². The van der Waals surface area contributed by atoms with Gasteiger partial charge in [0.05, 0.1) is 25.5 Å². The monoisotopic (exact) mass is 257 g/mol. The number of anilines is 1. The highest BCUT2D eigenvalue weighted by Crippen LogP contribution is 2.29. The molecule has 0 atom stereocenters. The summed E-state index contributed by atoms with van der Waals surface area (Å²) in [5, 5.41) is 4.34. The molecule has 0 saturated heterocycles. The van der Waals surface area contributed by atoms with Gasteiger partial charge < -0.3 is 19.9 Å². The lowest BCUT2D eigenvalue weighted by Gasteiger charge is -2.08. The molecule has 0 fully saturated rings. The zero-order chi connectivity index (χ0) is 13.5. The van der Waals surface area contributed by atoms with E-state index in [2.05, 4.69) is 18.9 Å². The van der Waals surface area contributed by atoms with Crippen LogP contribution in [0.5, 0.6) is 5.88 Å². The lowest BCUT2D eigenvalue weighted by Crippen LogP contribution is -2.12. The summed E-state index contributed by atoms with van der Waals surface area (Å²) in [6.07, 6.45) is 0. The third kappa shape index (κ3) is 3.89. The first-order valence-corrected chi connectivity index (χ1v) is 6.09. The minimum absolute atomic E-state index is 0.284. The van der Waals surface area contributed by atoms with Gasteiger partial charge >= 0.3 is 0 Å². The predicted octanol–water partition coefficient (Wildman–Crippen LogP) is 1.17. The van der Waals surface area contributed by atoms with Crippen LogP contribution in [0, 0.1) is 0 Å². The summed E-state index contributed by atoms with van der Waals surface area (Å²) in [7, 11) is 3.47. The van der Waals surface area contributed by atoms with E-state index in [1.807, 2.05) is 7.05 Å². The number of ether oxygens (including phenoxy) is 3. The molecule has 6 nitrogen and oxygen atoms in total. The molecule has 1 aromatic heterocycles. The fourth-order valence-corrected chi connectivity index (χ4v) is 1.58. The number of nitrogens with zero attached hydrogens (tertiary/aromatic N) is 2. The Kier molecular flexibility index (Phi) is 5.94. The van der Waals surface area contributed by atoms with E-state index in [1.165, 1.54) is 0 Å². The van der Waals surface area contributed by atoms with E-state index in [0.717, 1.165) is 5.69 Å². The van der Waals surface area contributed by atoms with Gasteiger partial charge in [-0.25, -0.2) is 4.68 Å². The van der Waals surface area contributed by atoms with Crippen molar-refractivity contribution in [2.75, 3.05) is 39.3 Å². The average Bonchev–Trinajstić information content (AvgIpc) is 2.60. The first kappa shape index (κ1) is 14.8. The molecule has 1 aromatic rings. The standard InChI is InChI=1S/C12H23N3O3/c1-9(2)11-10(13)12(15(3)14-11)18-8-7-17-6-5-16-4/h9H,5-8,13H2,1-4H3. The fraction of sp³-hybridized carbons (Fsp3) is 0.750. The van der Waals surface area contributed by atoms with E-state index >= 15 is 0 Å². The number of aryl methyl sites for hydroxylation is 1. The minimum Gasteiger partial charge on any atom is -0.474 e. The van der Waals surface area contributed by atoms with Crippen LogP contribution < -0.4 is 10.5 Å². The molecule has 0 aliphatic rings. The summed E-state index contributed by atoms with van der Waals surface area (Å²) in [5.74, 6) is 0.889. The average molecular weight is 257 g/mol. The molecule has 1 rings (SSSR count). The van der Waals surface area contributed by atoms with Gasteiger partial charge in [-0.15, -0.1) is 0 Å². The summed E-state index contributed by atoms with van der Waals surface area (Å²) >= 11 is 0. The van der Waals surface area contributed by atoms with Crippen LogP contribution in [-0.4, -0.2) is 43.3 Å². The van der Waals surface area contributed by atoms with Gasteiger partial charge in [0.1, 0.15) is 12.3 Å². The van der Waals surface area contributed by atoms with Gasteiger partial charge in [0.25, 0.3) is 0 Å². The molecular formula is C12H23N3O3. The van der Waals surface area contributed by atoms with E-state index in [9.17, 15) is 0 Å². The molecular weight excluding hydrogens is 234 g/mol. The van der Waals surface area contributed by atoms with E-state index in [0.29, 0.717) is 38.0 Å². The number of nitrogens with two attached hydrogens (primary N) is 1. The minimum atomic E-state index is 0.284. The molecule has 0 unspecified atom stereocenters. The third-order valence-electron chi connectivity index (χ3n) is 2.50. The van der Waals surface area contributed by atoms with Crippen molar-refractivity contribution in [2.24, 2.45) is 7.05 Å². The molecule has 0 aromatic carbocycles. The molecule has 18 heavy (non-hydrogen) atoms. The Hall–Kier alpha value is -1.27. The van der Waals surface area contributed by atoms with Crippen molar-refractivity contribution in [3.8, 4) is 5.88 Å². The number of hydrogen-bond acceptors (Lipinski definition) is 5. The number of methoxy groups -OCH3 is 1. The normalized spacial score (nSPS) is 11.2. The summed E-state index contributed by atoms with van der Waals surface area (Å²) in [6.45, 7) is 6.21. The maximum atomic E-state index is 6.00. The highest BCUT2D eigenvalue weighted by molar-refractivity contribution is 5.54. The largest absolute Gasteiger partial charge is 0.474 e. The molecule has 2 N–H and O–H groups in total. The van der Waals surface area contributed by atoms with Gasteiger partial charge in [0.2, 0.25) is 5.88 Å². The van der Waals surface area contributed by atoms with Gasteiger partial charge in [-0.1, -0.05) is 13.8 Å². The molecule has 1 heterocycles. The first-order valence-electron chi connectivity index (χ1n) is 6.09. The Morgan fingerprint density at radius 2 is 1.89 bits per heavy atom. The molecule has 0 spiro atoms. The SMILES string of the molecule is COCCOCCOc1c(N)c(C(C)C)nn1C. The predicted molar refractivity (Wildman–Crippen MR) is 69.9 cm³/mol. The third-order valence-corrected chi connectivity index (χ3v) is 2.50. The molecule has 0 aliphatic heterocycles. The first-order chi connectivity index (χ1) is 8.57. The van der Waals surface area contributed by atoms with E-state index < -0.39 is 0 Å². The smallest absolute Gasteiger partial charge is 0.235 e. The van der Waals surface area contributed by atoms with E-state index in [4.69, 9.17) is 19.9 Å². The van der Waals surface area contributed by atoms with Crippen LogP contribution >= 0.6 is 0 Å². The molecule has 0 amide bonds. The Labute approximate surface area is 108 Å². The molecule has 0 bridgehead atoms. The Bertz CT molecular complexity index is 364. The highest BCUT2D eigenvalue weighted by Gasteiger charge is 2.16. The van der Waals surface area contributed by atoms with Gasteiger partial charge in [0.15, 0.2) is 0 Å². The number of rotatable bonds is 8. The Morgan fingerprint density at radius 3 is 2.44 bits per heavy atom. The molecule has 104 valence electrons. The number of aromatic nitrogens is 2. The summed E-state index contributed by atoms with van der Waals surface area (Å²) in [4.78, 5) is 0. The van der Waals surface area contributed by atoms with Gasteiger partial charge in [-0.05, 0) is 5.92 Å². The second-order valence-corrected chi connectivity index (χ2v) is 4.34. The van der Waals surface area contributed by atoms with Crippen LogP contribution in [0.25, 0.3) is 0 Å². The van der Waals surface area contributed by atoms with Crippen molar-refractivity contribution in [1.29, 1.82) is 0 Å². The molecule has 6 heteroatoms. The van der Waals surface area contributed by atoms with Crippen molar-refractivity contribution < 1.29 is 14.2 Å². The zero-order valence-corrected chi connectivity index (χ0v) is 11.6. The van der Waals surface area contributed by atoms with Crippen LogP contribution in [0.2, 0.25) is 0 Å². The molecule has 0 aliphatic carbocycles. The Balaban J connectivity index is 2.42. The summed E-state index contributed by atoms with van der Waals surface area (Å²) in [6, 6.07) is 0. The maximum absolute atomic E-state index is 6.00. The van der Waals surface area contributed by atoms with Crippen LogP contribution in [0.4, 0.5) is 5.69 Å². The number of hydrogen-bond donors (Lipinski definition) is 1. The highest BCUT2D eigenvalue weighted by atomic mass is 16.5. The van der Waals surface area contributed by atoms with Crippen LogP contribution in [0.3, 0.4) is 0 Å². The second kappa shape index (κ2) is 7.23. The van der Waals surface area contributed by atoms with Gasteiger partial charge in [0, 0.05) is 14.2 Å². The summed E-state index contributed by atoms with van der Waals surface area (Å²) < 4.78 is 17.4. The lowest BCUT2D eigenvalue weighted by molar-refractivity contribution is 0.0531. The van der Waals surface area contributed by atoms with Crippen LogP contribution in [0.1, 0.15) is 25.5 Å². The van der Waals surface area contributed by atoms with Crippen molar-refractivity contribution >= 4 is 5.69 Å².